The second-order valence-corrected chi connectivity index (χ2v) is 6.58. The number of nitrogens with zero attached hydrogens (tertiary/aromatic N) is 1. The molecule has 1 heterocycles. The maximum atomic E-state index is 11.4. The van der Waals surface area contributed by atoms with Crippen molar-refractivity contribution in [1.29, 1.82) is 0 Å². The molecule has 2 aromatic rings. The predicted molar refractivity (Wildman–Crippen MR) is 109 cm³/mol. The Balaban J connectivity index is 1.74. The van der Waals surface area contributed by atoms with Crippen molar-refractivity contribution in [2.75, 3.05) is 17.7 Å². The van der Waals surface area contributed by atoms with E-state index in [1.807, 2.05) is 31.2 Å². The highest BCUT2D eigenvalue weighted by molar-refractivity contribution is 7.80. The van der Waals surface area contributed by atoms with Gasteiger partial charge in [0.25, 0.3) is 0 Å². The van der Waals surface area contributed by atoms with Crippen LogP contribution in [0.2, 0.25) is 0 Å². The third-order valence-corrected chi connectivity index (χ3v) is 4.35. The number of ether oxygens (including phenoxy) is 1. The predicted octanol–water partition coefficient (Wildman–Crippen LogP) is 3.07. The second kappa shape index (κ2) is 8.05. The first-order valence-corrected chi connectivity index (χ1v) is 8.79. The van der Waals surface area contributed by atoms with Crippen molar-refractivity contribution in [3.63, 3.8) is 0 Å². The molecule has 1 aliphatic rings. The molecular weight excluding hydrogens is 364 g/mol. The standard InChI is InChI=1S/C19H20N4O3S/c1-11-9-17(25)22-23-18(11)12-3-8-16(24)15(10-12)21-19(27)20-13-4-6-14(26-2)7-5-13/h3-8,10-11,24H,9H2,1-2H3,(H,22,25)(H2,20,21,27). The third-order valence-electron chi connectivity index (χ3n) is 4.15. The molecular formula is C19H20N4O3S. The van der Waals surface area contributed by atoms with Gasteiger partial charge in [-0.1, -0.05) is 6.92 Å². The molecule has 4 N–H and O–H groups in total. The van der Waals surface area contributed by atoms with Gasteiger partial charge in [-0.05, 0) is 54.7 Å². The normalized spacial score (nSPS) is 16.1. The van der Waals surface area contributed by atoms with Crippen LogP contribution in [0.15, 0.2) is 47.6 Å². The van der Waals surface area contributed by atoms with Crippen molar-refractivity contribution >= 4 is 40.3 Å². The van der Waals surface area contributed by atoms with Crippen LogP contribution in [0.4, 0.5) is 11.4 Å². The Morgan fingerprint density at radius 1 is 1.26 bits per heavy atom. The zero-order chi connectivity index (χ0) is 19.4. The Morgan fingerprint density at radius 3 is 2.67 bits per heavy atom. The minimum Gasteiger partial charge on any atom is -0.506 e. The molecule has 1 amide bonds. The molecule has 2 aromatic carbocycles. The molecule has 1 unspecified atom stereocenters. The summed E-state index contributed by atoms with van der Waals surface area (Å²) >= 11 is 5.33. The van der Waals surface area contributed by atoms with E-state index in [0.717, 1.165) is 22.7 Å². The lowest BCUT2D eigenvalue weighted by atomic mass is 9.94. The van der Waals surface area contributed by atoms with Gasteiger partial charge in [-0.2, -0.15) is 5.10 Å². The number of rotatable bonds is 4. The molecule has 0 saturated carbocycles. The fraction of sp³-hybridized carbons (Fsp3) is 0.211. The molecule has 1 aliphatic heterocycles. The highest BCUT2D eigenvalue weighted by atomic mass is 32.1. The highest BCUT2D eigenvalue weighted by Crippen LogP contribution is 2.27. The molecule has 8 heteroatoms. The summed E-state index contributed by atoms with van der Waals surface area (Å²) in [5.74, 6) is 0.693. The second-order valence-electron chi connectivity index (χ2n) is 6.18. The van der Waals surface area contributed by atoms with Crippen molar-refractivity contribution in [1.82, 2.24) is 5.43 Å². The first kappa shape index (κ1) is 18.7. The van der Waals surface area contributed by atoms with Gasteiger partial charge in [-0.3, -0.25) is 4.79 Å². The number of phenols is 1. The minimum absolute atomic E-state index is 0.0134. The van der Waals surface area contributed by atoms with E-state index in [1.165, 1.54) is 0 Å². The number of amides is 1. The Hall–Kier alpha value is -3.13. The van der Waals surface area contributed by atoms with Crippen LogP contribution in [0.25, 0.3) is 0 Å². The fourth-order valence-corrected chi connectivity index (χ4v) is 2.98. The molecule has 27 heavy (non-hydrogen) atoms. The van der Waals surface area contributed by atoms with Crippen LogP contribution in [0.5, 0.6) is 11.5 Å². The van der Waals surface area contributed by atoms with Crippen LogP contribution in [0, 0.1) is 5.92 Å². The lowest BCUT2D eigenvalue weighted by Gasteiger charge is -2.20. The van der Waals surface area contributed by atoms with Gasteiger partial charge in [-0.15, -0.1) is 0 Å². The molecule has 3 rings (SSSR count). The van der Waals surface area contributed by atoms with Crippen molar-refractivity contribution in [2.45, 2.75) is 13.3 Å². The molecule has 7 nitrogen and oxygen atoms in total. The van der Waals surface area contributed by atoms with E-state index >= 15 is 0 Å². The van der Waals surface area contributed by atoms with E-state index in [-0.39, 0.29) is 17.6 Å². The van der Waals surface area contributed by atoms with Crippen molar-refractivity contribution in [3.05, 3.63) is 48.0 Å². The number of hydrogen-bond acceptors (Lipinski definition) is 5. The summed E-state index contributed by atoms with van der Waals surface area (Å²) < 4.78 is 5.12. The van der Waals surface area contributed by atoms with Crippen LogP contribution in [0.3, 0.4) is 0 Å². The summed E-state index contributed by atoms with van der Waals surface area (Å²) in [6.45, 7) is 1.94. The Morgan fingerprint density at radius 2 is 2.00 bits per heavy atom. The molecule has 0 radical (unpaired) electrons. The molecule has 0 aliphatic carbocycles. The van der Waals surface area contributed by atoms with Crippen LogP contribution in [0.1, 0.15) is 18.9 Å². The lowest BCUT2D eigenvalue weighted by Crippen LogP contribution is -2.32. The Bertz CT molecular complexity index is 896. The number of carbonyl (C=O) groups excluding carboxylic acids is 1. The van der Waals surface area contributed by atoms with E-state index in [0.29, 0.717) is 17.2 Å². The highest BCUT2D eigenvalue weighted by Gasteiger charge is 2.22. The van der Waals surface area contributed by atoms with Gasteiger partial charge >= 0.3 is 0 Å². The monoisotopic (exact) mass is 384 g/mol. The number of thiocarbonyl (C=S) groups is 1. The van der Waals surface area contributed by atoms with Crippen molar-refractivity contribution in [3.8, 4) is 11.5 Å². The quantitative estimate of drug-likeness (QED) is 0.478. The number of hydrazone groups is 1. The van der Waals surface area contributed by atoms with Crippen LogP contribution in [-0.2, 0) is 4.79 Å². The largest absolute Gasteiger partial charge is 0.506 e. The summed E-state index contributed by atoms with van der Waals surface area (Å²) in [6, 6.07) is 12.4. The molecule has 0 aromatic heterocycles. The zero-order valence-electron chi connectivity index (χ0n) is 14.9. The van der Waals surface area contributed by atoms with Gasteiger partial charge < -0.3 is 20.5 Å². The molecule has 0 bridgehead atoms. The number of phenolic OH excluding ortho intramolecular Hbond substituents is 1. The van der Waals surface area contributed by atoms with E-state index in [2.05, 4.69) is 21.2 Å². The van der Waals surface area contributed by atoms with Gasteiger partial charge in [0.1, 0.15) is 11.5 Å². The number of carbonyl (C=O) groups is 1. The number of aromatic hydroxyl groups is 1. The number of methoxy groups -OCH3 is 1. The summed E-state index contributed by atoms with van der Waals surface area (Å²) in [4.78, 5) is 11.4. The van der Waals surface area contributed by atoms with E-state index in [4.69, 9.17) is 17.0 Å². The first-order valence-electron chi connectivity index (χ1n) is 8.38. The van der Waals surface area contributed by atoms with Gasteiger partial charge in [-0.25, -0.2) is 5.43 Å². The molecule has 0 fully saturated rings. The van der Waals surface area contributed by atoms with E-state index < -0.39 is 0 Å². The van der Waals surface area contributed by atoms with Gasteiger partial charge in [0.2, 0.25) is 5.91 Å². The van der Waals surface area contributed by atoms with Gasteiger partial charge in [0.05, 0.1) is 18.5 Å². The molecule has 0 saturated heterocycles. The SMILES string of the molecule is COc1ccc(NC(=S)Nc2cc(C3=NNC(=O)CC3C)ccc2O)cc1. The van der Waals surface area contributed by atoms with E-state index in [1.54, 1.807) is 25.3 Å². The maximum absolute atomic E-state index is 11.4. The first-order chi connectivity index (χ1) is 13.0. The average molecular weight is 384 g/mol. The fourth-order valence-electron chi connectivity index (χ4n) is 2.76. The maximum Gasteiger partial charge on any atom is 0.240 e. The summed E-state index contributed by atoms with van der Waals surface area (Å²) in [7, 11) is 1.60. The minimum atomic E-state index is -0.103. The third kappa shape index (κ3) is 4.53. The Kier molecular flexibility index (Phi) is 5.56. The number of anilines is 2. The van der Waals surface area contributed by atoms with E-state index in [9.17, 15) is 9.90 Å². The van der Waals surface area contributed by atoms with Crippen LogP contribution in [-0.4, -0.2) is 28.9 Å². The number of hydrogen-bond donors (Lipinski definition) is 4. The number of nitrogens with one attached hydrogen (secondary N) is 3. The zero-order valence-corrected chi connectivity index (χ0v) is 15.8. The lowest BCUT2D eigenvalue weighted by molar-refractivity contribution is -0.121. The molecule has 1 atom stereocenters. The van der Waals surface area contributed by atoms with Gasteiger partial charge in [0, 0.05) is 23.6 Å². The summed E-state index contributed by atoms with van der Waals surface area (Å²) in [5, 5.41) is 20.7. The smallest absolute Gasteiger partial charge is 0.240 e. The average Bonchev–Trinajstić information content (AvgIpc) is 2.64. The Labute approximate surface area is 162 Å². The summed E-state index contributed by atoms with van der Waals surface area (Å²) in [5.41, 5.74) is 5.29. The van der Waals surface area contributed by atoms with Crippen LogP contribution >= 0.6 is 12.2 Å². The topological polar surface area (TPSA) is 95.0 Å². The van der Waals surface area contributed by atoms with Crippen molar-refractivity contribution < 1.29 is 14.6 Å². The number of benzene rings is 2. The molecule has 140 valence electrons. The van der Waals surface area contributed by atoms with Crippen LogP contribution < -0.4 is 20.8 Å². The summed E-state index contributed by atoms with van der Waals surface area (Å²) in [6.07, 6.45) is 0.375. The molecule has 0 spiro atoms. The van der Waals surface area contributed by atoms with Gasteiger partial charge in [0.15, 0.2) is 5.11 Å². The van der Waals surface area contributed by atoms with Crippen molar-refractivity contribution in [2.24, 2.45) is 11.0 Å².